The predicted molar refractivity (Wildman–Crippen MR) is 91.0 cm³/mol. The van der Waals surface area contributed by atoms with Crippen molar-refractivity contribution >= 4 is 17.6 Å². The van der Waals surface area contributed by atoms with Crippen LogP contribution < -0.4 is 5.32 Å². The minimum Gasteiger partial charge on any atom is -0.478 e. The number of amides is 1. The number of anilines is 1. The second-order valence-electron chi connectivity index (χ2n) is 5.92. The summed E-state index contributed by atoms with van der Waals surface area (Å²) in [5.74, 6) is -0.758. The molecule has 4 heteroatoms. The standard InChI is InChI=1S/C19H21NO3/c1-12(2)16-6-4-5-13(3)18(16)20-17(21)11-14-7-9-15(10-8-14)19(22)23/h4-10,12H,11H2,1-3H3,(H,20,21)(H,22,23). The van der Waals surface area contributed by atoms with Gasteiger partial charge >= 0.3 is 5.97 Å². The second-order valence-corrected chi connectivity index (χ2v) is 5.92. The Bertz CT molecular complexity index is 718. The van der Waals surface area contributed by atoms with E-state index in [0.29, 0.717) is 5.92 Å². The molecule has 1 amide bonds. The van der Waals surface area contributed by atoms with Gasteiger partial charge in [-0.25, -0.2) is 4.79 Å². The molecule has 0 heterocycles. The smallest absolute Gasteiger partial charge is 0.335 e. The van der Waals surface area contributed by atoms with Crippen molar-refractivity contribution < 1.29 is 14.7 Å². The van der Waals surface area contributed by atoms with Crippen molar-refractivity contribution in [2.45, 2.75) is 33.1 Å². The molecule has 23 heavy (non-hydrogen) atoms. The van der Waals surface area contributed by atoms with Crippen LogP contribution in [-0.2, 0) is 11.2 Å². The van der Waals surface area contributed by atoms with Gasteiger partial charge in [0, 0.05) is 5.69 Å². The topological polar surface area (TPSA) is 66.4 Å². The summed E-state index contributed by atoms with van der Waals surface area (Å²) >= 11 is 0. The number of aromatic carboxylic acids is 1. The maximum Gasteiger partial charge on any atom is 0.335 e. The molecular formula is C19H21NO3. The molecule has 2 rings (SSSR count). The van der Waals surface area contributed by atoms with E-state index in [2.05, 4.69) is 19.2 Å². The fraction of sp³-hybridized carbons (Fsp3) is 0.263. The molecule has 0 unspecified atom stereocenters. The molecule has 0 atom stereocenters. The van der Waals surface area contributed by atoms with E-state index in [-0.39, 0.29) is 17.9 Å². The molecular weight excluding hydrogens is 290 g/mol. The number of carbonyl (C=O) groups is 2. The van der Waals surface area contributed by atoms with E-state index in [0.717, 1.165) is 22.4 Å². The van der Waals surface area contributed by atoms with Crippen LogP contribution in [0.2, 0.25) is 0 Å². The summed E-state index contributed by atoms with van der Waals surface area (Å²) in [6.45, 7) is 6.16. The van der Waals surface area contributed by atoms with Gasteiger partial charge in [0.25, 0.3) is 0 Å². The quantitative estimate of drug-likeness (QED) is 0.877. The summed E-state index contributed by atoms with van der Waals surface area (Å²) in [6, 6.07) is 12.4. The van der Waals surface area contributed by atoms with Crippen molar-refractivity contribution in [2.75, 3.05) is 5.32 Å². The molecule has 0 aliphatic carbocycles. The van der Waals surface area contributed by atoms with Gasteiger partial charge in [-0.15, -0.1) is 0 Å². The van der Waals surface area contributed by atoms with Crippen LogP contribution in [0.15, 0.2) is 42.5 Å². The third-order valence-corrected chi connectivity index (χ3v) is 3.76. The van der Waals surface area contributed by atoms with E-state index >= 15 is 0 Å². The first kappa shape index (κ1) is 16.7. The summed E-state index contributed by atoms with van der Waals surface area (Å²) in [5.41, 5.74) is 4.02. The van der Waals surface area contributed by atoms with Gasteiger partial charge in [-0.3, -0.25) is 4.79 Å². The molecule has 0 fully saturated rings. The van der Waals surface area contributed by atoms with Gasteiger partial charge in [-0.1, -0.05) is 44.2 Å². The summed E-state index contributed by atoms with van der Waals surface area (Å²) in [6.07, 6.45) is 0.214. The number of para-hydroxylation sites is 1. The zero-order valence-corrected chi connectivity index (χ0v) is 13.6. The van der Waals surface area contributed by atoms with Gasteiger partial charge in [-0.2, -0.15) is 0 Å². The zero-order chi connectivity index (χ0) is 17.0. The molecule has 0 radical (unpaired) electrons. The highest BCUT2D eigenvalue weighted by atomic mass is 16.4. The Labute approximate surface area is 136 Å². The van der Waals surface area contributed by atoms with E-state index in [1.165, 1.54) is 12.1 Å². The summed E-state index contributed by atoms with van der Waals surface area (Å²) < 4.78 is 0. The number of rotatable bonds is 5. The summed E-state index contributed by atoms with van der Waals surface area (Å²) in [7, 11) is 0. The average molecular weight is 311 g/mol. The lowest BCUT2D eigenvalue weighted by atomic mass is 9.98. The van der Waals surface area contributed by atoms with Crippen LogP contribution >= 0.6 is 0 Å². The first-order valence-electron chi connectivity index (χ1n) is 7.60. The van der Waals surface area contributed by atoms with Crippen LogP contribution in [0.1, 0.15) is 46.8 Å². The van der Waals surface area contributed by atoms with Crippen molar-refractivity contribution in [3.05, 3.63) is 64.7 Å². The highest BCUT2D eigenvalue weighted by Crippen LogP contribution is 2.27. The van der Waals surface area contributed by atoms with E-state index in [1.54, 1.807) is 12.1 Å². The van der Waals surface area contributed by atoms with Crippen LogP contribution in [0.3, 0.4) is 0 Å². The zero-order valence-electron chi connectivity index (χ0n) is 13.6. The number of carboxylic acids is 1. The molecule has 0 aliphatic rings. The van der Waals surface area contributed by atoms with Gasteiger partial charge in [-0.05, 0) is 41.7 Å². The van der Waals surface area contributed by atoms with Crippen LogP contribution in [0.4, 0.5) is 5.69 Å². The van der Waals surface area contributed by atoms with E-state index in [9.17, 15) is 9.59 Å². The first-order chi connectivity index (χ1) is 10.9. The average Bonchev–Trinajstić information content (AvgIpc) is 2.49. The van der Waals surface area contributed by atoms with Gasteiger partial charge < -0.3 is 10.4 Å². The monoisotopic (exact) mass is 311 g/mol. The Morgan fingerprint density at radius 3 is 2.30 bits per heavy atom. The molecule has 2 N–H and O–H groups in total. The van der Waals surface area contributed by atoms with Gasteiger partial charge in [0.2, 0.25) is 5.91 Å². The molecule has 4 nitrogen and oxygen atoms in total. The largest absolute Gasteiger partial charge is 0.478 e. The molecule has 0 aromatic heterocycles. The Balaban J connectivity index is 2.12. The maximum absolute atomic E-state index is 12.3. The number of carbonyl (C=O) groups excluding carboxylic acids is 1. The van der Waals surface area contributed by atoms with Gasteiger partial charge in [0.1, 0.15) is 0 Å². The number of carboxylic acid groups (broad SMARTS) is 1. The SMILES string of the molecule is Cc1cccc(C(C)C)c1NC(=O)Cc1ccc(C(=O)O)cc1. The minimum atomic E-state index is -0.970. The lowest BCUT2D eigenvalue weighted by molar-refractivity contribution is -0.115. The summed E-state index contributed by atoms with van der Waals surface area (Å²) in [5, 5.41) is 11.9. The lowest BCUT2D eigenvalue weighted by Gasteiger charge is -2.16. The minimum absolute atomic E-state index is 0.107. The van der Waals surface area contributed by atoms with E-state index in [1.807, 2.05) is 25.1 Å². The molecule has 120 valence electrons. The van der Waals surface area contributed by atoms with E-state index < -0.39 is 5.97 Å². The van der Waals surface area contributed by atoms with Crippen molar-refractivity contribution in [3.63, 3.8) is 0 Å². The molecule has 0 saturated carbocycles. The van der Waals surface area contributed by atoms with Crippen molar-refractivity contribution in [1.82, 2.24) is 0 Å². The Morgan fingerprint density at radius 2 is 1.74 bits per heavy atom. The molecule has 2 aromatic carbocycles. The fourth-order valence-electron chi connectivity index (χ4n) is 2.48. The summed E-state index contributed by atoms with van der Waals surface area (Å²) in [4.78, 5) is 23.1. The predicted octanol–water partition coefficient (Wildman–Crippen LogP) is 4.00. The van der Waals surface area contributed by atoms with Crippen LogP contribution in [0, 0.1) is 6.92 Å². The molecule has 2 aromatic rings. The molecule has 0 saturated heterocycles. The van der Waals surface area contributed by atoms with Crippen LogP contribution in [-0.4, -0.2) is 17.0 Å². The van der Waals surface area contributed by atoms with Gasteiger partial charge in [0.15, 0.2) is 0 Å². The second kappa shape index (κ2) is 7.09. The van der Waals surface area contributed by atoms with E-state index in [4.69, 9.17) is 5.11 Å². The maximum atomic E-state index is 12.3. The Kier molecular flexibility index (Phi) is 5.16. The lowest BCUT2D eigenvalue weighted by Crippen LogP contribution is -2.17. The van der Waals surface area contributed by atoms with Crippen LogP contribution in [0.5, 0.6) is 0 Å². The van der Waals surface area contributed by atoms with Crippen molar-refractivity contribution in [2.24, 2.45) is 0 Å². The number of hydrogen-bond donors (Lipinski definition) is 2. The highest BCUT2D eigenvalue weighted by molar-refractivity contribution is 5.94. The number of benzene rings is 2. The highest BCUT2D eigenvalue weighted by Gasteiger charge is 2.12. The van der Waals surface area contributed by atoms with Crippen LogP contribution in [0.25, 0.3) is 0 Å². The molecule has 0 aliphatic heterocycles. The molecule has 0 bridgehead atoms. The first-order valence-corrected chi connectivity index (χ1v) is 7.60. The third kappa shape index (κ3) is 4.19. The number of nitrogens with one attached hydrogen (secondary N) is 1. The fourth-order valence-corrected chi connectivity index (χ4v) is 2.48. The molecule has 0 spiro atoms. The van der Waals surface area contributed by atoms with Crippen molar-refractivity contribution in [3.8, 4) is 0 Å². The van der Waals surface area contributed by atoms with Gasteiger partial charge in [0.05, 0.1) is 12.0 Å². The Morgan fingerprint density at radius 1 is 1.09 bits per heavy atom. The number of aryl methyl sites for hydroxylation is 1. The third-order valence-electron chi connectivity index (χ3n) is 3.76. The normalized spacial score (nSPS) is 10.6. The van der Waals surface area contributed by atoms with Crippen molar-refractivity contribution in [1.29, 1.82) is 0 Å². The Hall–Kier alpha value is -2.62. The number of hydrogen-bond acceptors (Lipinski definition) is 2.